The van der Waals surface area contributed by atoms with Crippen molar-refractivity contribution in [2.45, 2.75) is 24.8 Å². The first-order valence-corrected chi connectivity index (χ1v) is 9.30. The Morgan fingerprint density at radius 2 is 1.84 bits per heavy atom. The molecule has 2 aromatic rings. The molecular weight excluding hydrogens is 340 g/mol. The number of methoxy groups -OCH3 is 1. The second-order valence-electron chi connectivity index (χ2n) is 5.66. The number of aryl methyl sites for hydroxylation is 1. The highest BCUT2D eigenvalue weighted by Crippen LogP contribution is 2.21. The van der Waals surface area contributed by atoms with Gasteiger partial charge in [0.05, 0.1) is 24.6 Å². The molecule has 0 fully saturated rings. The van der Waals surface area contributed by atoms with Gasteiger partial charge in [-0.15, -0.1) is 0 Å². The van der Waals surface area contributed by atoms with Crippen LogP contribution in [-0.4, -0.2) is 28.0 Å². The molecular formula is C18H22N2O4S. The molecule has 2 rings (SSSR count). The molecule has 0 bridgehead atoms. The van der Waals surface area contributed by atoms with Crippen LogP contribution in [0.25, 0.3) is 0 Å². The fraction of sp³-hybridized carbons (Fsp3) is 0.278. The second-order valence-corrected chi connectivity index (χ2v) is 7.42. The third kappa shape index (κ3) is 5.04. The Kier molecular flexibility index (Phi) is 6.17. The summed E-state index contributed by atoms with van der Waals surface area (Å²) >= 11 is 0. The van der Waals surface area contributed by atoms with Crippen molar-refractivity contribution in [3.63, 3.8) is 0 Å². The molecule has 6 nitrogen and oxygen atoms in total. The van der Waals surface area contributed by atoms with Gasteiger partial charge in [0.15, 0.2) is 0 Å². The van der Waals surface area contributed by atoms with Crippen molar-refractivity contribution in [2.75, 3.05) is 13.7 Å². The highest BCUT2D eigenvalue weighted by Gasteiger charge is 2.17. The molecule has 1 unspecified atom stereocenters. The normalized spacial score (nSPS) is 12.4. The largest absolute Gasteiger partial charge is 0.496 e. The molecule has 0 saturated carbocycles. The summed E-state index contributed by atoms with van der Waals surface area (Å²) < 4.78 is 32.1. The Bertz CT molecular complexity index is 835. The second kappa shape index (κ2) is 8.13. The lowest BCUT2D eigenvalue weighted by Crippen LogP contribution is -2.38. The topological polar surface area (TPSA) is 84.5 Å². The molecule has 0 spiro atoms. The molecule has 1 atom stereocenters. The van der Waals surface area contributed by atoms with E-state index in [1.807, 2.05) is 37.3 Å². The lowest BCUT2D eigenvalue weighted by Gasteiger charge is -2.15. The number of nitrogens with one attached hydrogen (secondary N) is 2. The molecule has 25 heavy (non-hydrogen) atoms. The zero-order valence-corrected chi connectivity index (χ0v) is 15.3. The number of hydrogen-bond acceptors (Lipinski definition) is 4. The quantitative estimate of drug-likeness (QED) is 0.790. The molecule has 2 aromatic carbocycles. The van der Waals surface area contributed by atoms with E-state index in [0.29, 0.717) is 11.3 Å². The van der Waals surface area contributed by atoms with Crippen LogP contribution in [-0.2, 0) is 14.8 Å². The number of hydrogen-bond donors (Lipinski definition) is 2. The van der Waals surface area contributed by atoms with Gasteiger partial charge in [-0.2, -0.15) is 0 Å². The van der Waals surface area contributed by atoms with Gasteiger partial charge < -0.3 is 10.1 Å². The maximum Gasteiger partial charge on any atom is 0.241 e. The van der Waals surface area contributed by atoms with Crippen LogP contribution in [0.2, 0.25) is 0 Å². The third-order valence-electron chi connectivity index (χ3n) is 3.78. The van der Waals surface area contributed by atoms with Gasteiger partial charge in [-0.25, -0.2) is 13.1 Å². The first-order chi connectivity index (χ1) is 11.8. The van der Waals surface area contributed by atoms with Crippen LogP contribution in [0, 0.1) is 6.92 Å². The lowest BCUT2D eigenvalue weighted by molar-refractivity contribution is -0.120. The van der Waals surface area contributed by atoms with Gasteiger partial charge in [0.2, 0.25) is 15.9 Å². The van der Waals surface area contributed by atoms with Gasteiger partial charge in [0.1, 0.15) is 5.75 Å². The summed E-state index contributed by atoms with van der Waals surface area (Å²) in [5.74, 6) is 0.207. The Labute approximate surface area is 148 Å². The first kappa shape index (κ1) is 19.0. The fourth-order valence-corrected chi connectivity index (χ4v) is 3.45. The van der Waals surface area contributed by atoms with Gasteiger partial charge >= 0.3 is 0 Å². The Hall–Kier alpha value is -2.38. The lowest BCUT2D eigenvalue weighted by atomic mass is 10.1. The molecule has 0 aliphatic carbocycles. The van der Waals surface area contributed by atoms with Gasteiger partial charge in [0.25, 0.3) is 0 Å². The maximum absolute atomic E-state index is 12.3. The smallest absolute Gasteiger partial charge is 0.241 e. The maximum atomic E-state index is 12.3. The predicted molar refractivity (Wildman–Crippen MR) is 95.9 cm³/mol. The number of rotatable bonds is 7. The van der Waals surface area contributed by atoms with Crippen LogP contribution >= 0.6 is 0 Å². The molecule has 0 aliphatic rings. The standard InChI is InChI=1S/C18H22N2O4S/c1-13-11-16(9-10-17(13)24-3)25(22,23)19-12-18(21)20-14(2)15-7-5-4-6-8-15/h4-11,14,19H,12H2,1-3H3,(H,20,21). The average molecular weight is 362 g/mol. The van der Waals surface area contributed by atoms with E-state index in [2.05, 4.69) is 10.0 Å². The number of amides is 1. The van der Waals surface area contributed by atoms with E-state index >= 15 is 0 Å². The molecule has 134 valence electrons. The molecule has 0 aliphatic heterocycles. The zero-order valence-electron chi connectivity index (χ0n) is 14.4. The van der Waals surface area contributed by atoms with Crippen molar-refractivity contribution in [2.24, 2.45) is 0 Å². The predicted octanol–water partition coefficient (Wildman–Crippen LogP) is 2.16. The van der Waals surface area contributed by atoms with E-state index in [0.717, 1.165) is 5.56 Å². The number of carbonyl (C=O) groups is 1. The first-order valence-electron chi connectivity index (χ1n) is 7.82. The van der Waals surface area contributed by atoms with Crippen LogP contribution in [0.5, 0.6) is 5.75 Å². The number of benzene rings is 2. The van der Waals surface area contributed by atoms with Crippen LogP contribution in [0.15, 0.2) is 53.4 Å². The summed E-state index contributed by atoms with van der Waals surface area (Å²) in [4.78, 5) is 12.1. The SMILES string of the molecule is COc1ccc(S(=O)(=O)NCC(=O)NC(C)c2ccccc2)cc1C. The number of carbonyl (C=O) groups excluding carboxylic acids is 1. The van der Waals surface area contributed by atoms with Crippen molar-refractivity contribution in [3.8, 4) is 5.75 Å². The van der Waals surface area contributed by atoms with Crippen LogP contribution in [0.1, 0.15) is 24.1 Å². The summed E-state index contributed by atoms with van der Waals surface area (Å²) in [5.41, 5.74) is 1.65. The number of ether oxygens (including phenoxy) is 1. The summed E-state index contributed by atoms with van der Waals surface area (Å²) in [6, 6.07) is 13.8. The summed E-state index contributed by atoms with van der Waals surface area (Å²) in [5, 5.41) is 2.76. The third-order valence-corrected chi connectivity index (χ3v) is 5.18. The van der Waals surface area contributed by atoms with Gasteiger partial charge in [-0.05, 0) is 43.2 Å². The molecule has 0 heterocycles. The highest BCUT2D eigenvalue weighted by atomic mass is 32.2. The van der Waals surface area contributed by atoms with Crippen molar-refractivity contribution in [1.82, 2.24) is 10.0 Å². The summed E-state index contributed by atoms with van der Waals surface area (Å²) in [6.45, 7) is 3.27. The van der Waals surface area contributed by atoms with E-state index in [1.54, 1.807) is 13.0 Å². The molecule has 0 saturated heterocycles. The van der Waals surface area contributed by atoms with E-state index in [-0.39, 0.29) is 17.5 Å². The van der Waals surface area contributed by atoms with Gasteiger partial charge in [0, 0.05) is 0 Å². The van der Waals surface area contributed by atoms with Crippen LogP contribution < -0.4 is 14.8 Å². The monoisotopic (exact) mass is 362 g/mol. The minimum Gasteiger partial charge on any atom is -0.496 e. The molecule has 7 heteroatoms. The van der Waals surface area contributed by atoms with E-state index in [9.17, 15) is 13.2 Å². The van der Waals surface area contributed by atoms with Crippen molar-refractivity contribution >= 4 is 15.9 Å². The van der Waals surface area contributed by atoms with E-state index in [4.69, 9.17) is 4.74 Å². The fourth-order valence-electron chi connectivity index (χ4n) is 2.38. The Balaban J connectivity index is 1.97. The molecule has 0 aromatic heterocycles. The van der Waals surface area contributed by atoms with E-state index in [1.165, 1.54) is 19.2 Å². The van der Waals surface area contributed by atoms with Crippen molar-refractivity contribution in [1.29, 1.82) is 0 Å². The minimum absolute atomic E-state index is 0.0923. The van der Waals surface area contributed by atoms with Gasteiger partial charge in [-0.3, -0.25) is 4.79 Å². The zero-order chi connectivity index (χ0) is 18.4. The number of sulfonamides is 1. The molecule has 0 radical (unpaired) electrons. The van der Waals surface area contributed by atoms with Crippen molar-refractivity contribution in [3.05, 3.63) is 59.7 Å². The van der Waals surface area contributed by atoms with Crippen molar-refractivity contribution < 1.29 is 17.9 Å². The van der Waals surface area contributed by atoms with Crippen LogP contribution in [0.3, 0.4) is 0 Å². The Morgan fingerprint density at radius 1 is 1.16 bits per heavy atom. The highest BCUT2D eigenvalue weighted by molar-refractivity contribution is 7.89. The molecule has 2 N–H and O–H groups in total. The molecule has 1 amide bonds. The minimum atomic E-state index is -3.77. The summed E-state index contributed by atoms with van der Waals surface area (Å²) in [6.07, 6.45) is 0. The summed E-state index contributed by atoms with van der Waals surface area (Å²) in [7, 11) is -2.25. The van der Waals surface area contributed by atoms with Gasteiger partial charge in [-0.1, -0.05) is 30.3 Å². The van der Waals surface area contributed by atoms with Crippen LogP contribution in [0.4, 0.5) is 0 Å². The van der Waals surface area contributed by atoms with E-state index < -0.39 is 15.9 Å². The Morgan fingerprint density at radius 3 is 2.44 bits per heavy atom. The average Bonchev–Trinajstić information content (AvgIpc) is 2.60.